The van der Waals surface area contributed by atoms with Gasteiger partial charge in [-0.3, -0.25) is 0 Å². The fourth-order valence-electron chi connectivity index (χ4n) is 2.64. The highest BCUT2D eigenvalue weighted by Crippen LogP contribution is 2.46. The first kappa shape index (κ1) is 10.7. The molecule has 0 aromatic heterocycles. The molecule has 1 aromatic rings. The fraction of sp³-hybridized carbons (Fsp3) is 0.571. The number of thioether (sulfide) groups is 1. The predicted molar refractivity (Wildman–Crippen MR) is 70.8 cm³/mol. The third kappa shape index (κ3) is 2.14. The molecule has 1 aliphatic heterocycles. The summed E-state index contributed by atoms with van der Waals surface area (Å²) in [6, 6.07) is 11.7. The first-order valence-electron chi connectivity index (χ1n) is 6.30. The Balaban J connectivity index is 1.69. The van der Waals surface area contributed by atoms with Gasteiger partial charge < -0.3 is 5.32 Å². The van der Waals surface area contributed by atoms with Gasteiger partial charge in [0.15, 0.2) is 0 Å². The van der Waals surface area contributed by atoms with Crippen LogP contribution in [-0.2, 0) is 5.54 Å². The first-order chi connectivity index (χ1) is 7.89. The molecule has 1 nitrogen and oxygen atoms in total. The second-order valence-corrected chi connectivity index (χ2v) is 6.16. The van der Waals surface area contributed by atoms with Gasteiger partial charge in [0.25, 0.3) is 0 Å². The molecular weight excluding hydrogens is 214 g/mol. The third-order valence-corrected chi connectivity index (χ3v) is 4.93. The van der Waals surface area contributed by atoms with Crippen LogP contribution < -0.4 is 5.32 Å². The van der Waals surface area contributed by atoms with Gasteiger partial charge in [0.05, 0.1) is 0 Å². The molecule has 86 valence electrons. The van der Waals surface area contributed by atoms with Crippen LogP contribution in [0.25, 0.3) is 0 Å². The highest BCUT2D eigenvalue weighted by atomic mass is 32.2. The largest absolute Gasteiger partial charge is 0.304 e. The van der Waals surface area contributed by atoms with E-state index in [9.17, 15) is 0 Å². The van der Waals surface area contributed by atoms with Crippen LogP contribution in [0.2, 0.25) is 0 Å². The van der Waals surface area contributed by atoms with E-state index >= 15 is 0 Å². The van der Waals surface area contributed by atoms with Crippen LogP contribution in [0.15, 0.2) is 30.3 Å². The molecule has 1 atom stereocenters. The Labute approximate surface area is 102 Å². The highest BCUT2D eigenvalue weighted by Gasteiger charge is 2.45. The van der Waals surface area contributed by atoms with Gasteiger partial charge in [-0.25, -0.2) is 0 Å². The van der Waals surface area contributed by atoms with Crippen molar-refractivity contribution in [3.05, 3.63) is 35.9 Å². The van der Waals surface area contributed by atoms with E-state index < -0.39 is 0 Å². The summed E-state index contributed by atoms with van der Waals surface area (Å²) < 4.78 is 0. The molecule has 1 N–H and O–H groups in total. The van der Waals surface area contributed by atoms with E-state index in [0.29, 0.717) is 5.54 Å². The van der Waals surface area contributed by atoms with Crippen LogP contribution in [0.1, 0.15) is 31.2 Å². The van der Waals surface area contributed by atoms with Gasteiger partial charge in [0, 0.05) is 17.3 Å². The second-order valence-electron chi connectivity index (χ2n) is 5.01. The van der Waals surface area contributed by atoms with E-state index in [0.717, 1.165) is 6.04 Å². The lowest BCUT2D eigenvalue weighted by atomic mass is 10.0. The average Bonchev–Trinajstić information content (AvgIpc) is 3.13. The Morgan fingerprint density at radius 1 is 1.19 bits per heavy atom. The molecule has 2 aliphatic rings. The van der Waals surface area contributed by atoms with Crippen molar-refractivity contribution in [3.8, 4) is 0 Å². The minimum atomic E-state index is 0.337. The zero-order valence-electron chi connectivity index (χ0n) is 9.61. The Morgan fingerprint density at radius 3 is 2.62 bits per heavy atom. The van der Waals surface area contributed by atoms with Crippen LogP contribution in [0, 0.1) is 0 Å². The molecule has 0 radical (unpaired) electrons. The zero-order valence-corrected chi connectivity index (χ0v) is 10.4. The summed E-state index contributed by atoms with van der Waals surface area (Å²) in [5, 5.41) is 3.90. The number of nitrogens with one attached hydrogen (secondary N) is 1. The van der Waals surface area contributed by atoms with E-state index in [-0.39, 0.29) is 0 Å². The number of benzene rings is 1. The normalized spacial score (nSPS) is 27.6. The van der Waals surface area contributed by atoms with E-state index in [1.165, 1.54) is 42.8 Å². The second kappa shape index (κ2) is 4.42. The van der Waals surface area contributed by atoms with Gasteiger partial charge >= 0.3 is 0 Å². The summed E-state index contributed by atoms with van der Waals surface area (Å²) in [5.74, 6) is 2.66. The molecule has 1 saturated heterocycles. The zero-order chi connectivity index (χ0) is 10.8. The summed E-state index contributed by atoms with van der Waals surface area (Å²) in [6.45, 7) is 0. The predicted octanol–water partition coefficient (Wildman–Crippen LogP) is 3.16. The van der Waals surface area contributed by atoms with Crippen LogP contribution in [0.4, 0.5) is 0 Å². The molecule has 2 fully saturated rings. The number of hydrogen-bond acceptors (Lipinski definition) is 2. The van der Waals surface area contributed by atoms with Gasteiger partial charge in [-0.05, 0) is 37.0 Å². The molecule has 16 heavy (non-hydrogen) atoms. The summed E-state index contributed by atoms with van der Waals surface area (Å²) in [6.07, 6.45) is 5.38. The molecule has 2 heteroatoms. The van der Waals surface area contributed by atoms with Crippen molar-refractivity contribution in [2.24, 2.45) is 0 Å². The van der Waals surface area contributed by atoms with E-state index in [4.69, 9.17) is 0 Å². The summed E-state index contributed by atoms with van der Waals surface area (Å²) in [5.41, 5.74) is 1.83. The van der Waals surface area contributed by atoms with Gasteiger partial charge in [-0.2, -0.15) is 11.8 Å². The Bertz CT molecular complexity index is 339. The minimum Gasteiger partial charge on any atom is -0.304 e. The average molecular weight is 233 g/mol. The van der Waals surface area contributed by atoms with Crippen LogP contribution >= 0.6 is 11.8 Å². The minimum absolute atomic E-state index is 0.337. The Hall–Kier alpha value is -0.470. The number of rotatable bonds is 3. The molecule has 0 bridgehead atoms. The maximum absolute atomic E-state index is 3.90. The lowest BCUT2D eigenvalue weighted by Crippen LogP contribution is -2.41. The number of hydrogen-bond donors (Lipinski definition) is 1. The van der Waals surface area contributed by atoms with Crippen molar-refractivity contribution in [2.75, 3.05) is 11.5 Å². The summed E-state index contributed by atoms with van der Waals surface area (Å²) in [7, 11) is 0. The summed E-state index contributed by atoms with van der Waals surface area (Å²) in [4.78, 5) is 0. The van der Waals surface area contributed by atoms with Gasteiger partial charge in [0.1, 0.15) is 0 Å². The van der Waals surface area contributed by atoms with Crippen molar-refractivity contribution in [1.29, 1.82) is 0 Å². The topological polar surface area (TPSA) is 12.0 Å². The lowest BCUT2D eigenvalue weighted by molar-refractivity contribution is 0.418. The quantitative estimate of drug-likeness (QED) is 0.860. The van der Waals surface area contributed by atoms with Crippen LogP contribution in [0.5, 0.6) is 0 Å². The fourth-order valence-corrected chi connectivity index (χ4v) is 3.72. The first-order valence-corrected chi connectivity index (χ1v) is 7.46. The molecule has 1 unspecified atom stereocenters. The monoisotopic (exact) mass is 233 g/mol. The molecule has 0 amide bonds. The Morgan fingerprint density at radius 2 is 2.00 bits per heavy atom. The lowest BCUT2D eigenvalue weighted by Gasteiger charge is -2.28. The van der Waals surface area contributed by atoms with E-state index in [2.05, 4.69) is 47.4 Å². The molecule has 1 saturated carbocycles. The van der Waals surface area contributed by atoms with Crippen molar-refractivity contribution < 1.29 is 0 Å². The summed E-state index contributed by atoms with van der Waals surface area (Å²) >= 11 is 2.10. The molecule has 0 spiro atoms. The molecule has 1 aliphatic carbocycles. The van der Waals surface area contributed by atoms with Crippen molar-refractivity contribution in [1.82, 2.24) is 5.32 Å². The van der Waals surface area contributed by atoms with Gasteiger partial charge in [-0.15, -0.1) is 0 Å². The molecule has 1 heterocycles. The van der Waals surface area contributed by atoms with Crippen LogP contribution in [-0.4, -0.2) is 17.5 Å². The van der Waals surface area contributed by atoms with E-state index in [1.807, 2.05) is 0 Å². The van der Waals surface area contributed by atoms with Crippen LogP contribution in [0.3, 0.4) is 0 Å². The van der Waals surface area contributed by atoms with Crippen molar-refractivity contribution in [3.63, 3.8) is 0 Å². The maximum Gasteiger partial charge on any atom is 0.0438 e. The SMILES string of the molecule is c1ccc(C2(NC3CCCSC3)CC2)cc1. The van der Waals surface area contributed by atoms with Crippen molar-refractivity contribution >= 4 is 11.8 Å². The Kier molecular flexibility index (Phi) is 2.95. The van der Waals surface area contributed by atoms with E-state index in [1.54, 1.807) is 0 Å². The van der Waals surface area contributed by atoms with Crippen molar-refractivity contribution in [2.45, 2.75) is 37.3 Å². The smallest absolute Gasteiger partial charge is 0.0438 e. The highest BCUT2D eigenvalue weighted by molar-refractivity contribution is 7.99. The molecule has 3 rings (SSSR count). The van der Waals surface area contributed by atoms with Gasteiger partial charge in [-0.1, -0.05) is 30.3 Å². The maximum atomic E-state index is 3.90. The standard InChI is InChI=1S/C14H19NS/c1-2-5-12(6-3-1)14(8-9-14)15-13-7-4-10-16-11-13/h1-3,5-6,13,15H,4,7-11H2. The van der Waals surface area contributed by atoms with Gasteiger partial charge in [0.2, 0.25) is 0 Å². The third-order valence-electron chi connectivity index (χ3n) is 3.72. The molecule has 1 aromatic carbocycles. The molecular formula is C14H19NS.